The van der Waals surface area contributed by atoms with Crippen molar-refractivity contribution >= 4 is 29.3 Å². The van der Waals surface area contributed by atoms with Crippen molar-refractivity contribution in [3.63, 3.8) is 0 Å². The number of hydrogen-bond donors (Lipinski definition) is 0. The fourth-order valence-corrected chi connectivity index (χ4v) is 9.35. The molecule has 0 radical (unpaired) electrons. The van der Waals surface area contributed by atoms with Crippen LogP contribution in [0, 0.1) is 18.3 Å². The van der Waals surface area contributed by atoms with Crippen molar-refractivity contribution in [2.24, 2.45) is 16.3 Å². The van der Waals surface area contributed by atoms with Crippen LogP contribution in [0.15, 0.2) is 77.3 Å². The maximum atomic E-state index is 13.7. The van der Waals surface area contributed by atoms with Gasteiger partial charge >= 0.3 is 12.7 Å². The molecule has 5 heterocycles. The number of allylic oxidation sites excluding steroid dienone is 2. The van der Waals surface area contributed by atoms with Gasteiger partial charge in [-0.1, -0.05) is 40.2 Å². The van der Waals surface area contributed by atoms with Crippen LogP contribution in [0.5, 0.6) is 0 Å². The summed E-state index contributed by atoms with van der Waals surface area (Å²) in [6.45, 7) is 10.8. The molecule has 5 aromatic heterocycles. The van der Waals surface area contributed by atoms with Gasteiger partial charge in [0, 0.05) is 73.2 Å². The molecule has 5 aromatic rings. The molecule has 12 nitrogen and oxygen atoms in total. The van der Waals surface area contributed by atoms with Gasteiger partial charge in [0.1, 0.15) is 5.71 Å². The van der Waals surface area contributed by atoms with Crippen LogP contribution in [0.1, 0.15) is 158 Å². The van der Waals surface area contributed by atoms with Crippen LogP contribution in [-0.2, 0) is 16.0 Å². The first-order chi connectivity index (χ1) is 32.8. The van der Waals surface area contributed by atoms with Crippen LogP contribution >= 0.6 is 0 Å². The van der Waals surface area contributed by atoms with Gasteiger partial charge in [-0.05, 0) is 136 Å². The Morgan fingerprint density at radius 2 is 1.77 bits per heavy atom. The van der Waals surface area contributed by atoms with Gasteiger partial charge in [-0.2, -0.15) is 27.1 Å². The lowest BCUT2D eigenvalue weighted by atomic mass is 9.81. The lowest BCUT2D eigenvalue weighted by Gasteiger charge is -2.27. The summed E-state index contributed by atoms with van der Waals surface area (Å²) in [6, 6.07) is 6.43. The monoisotopic (exact) mass is 958 g/mol. The van der Waals surface area contributed by atoms with E-state index in [2.05, 4.69) is 53.1 Å². The van der Waals surface area contributed by atoms with E-state index in [4.69, 9.17) is 4.98 Å². The minimum atomic E-state index is -4.54. The zero-order chi connectivity index (χ0) is 49.8. The van der Waals surface area contributed by atoms with E-state index in [0.29, 0.717) is 70.7 Å². The summed E-state index contributed by atoms with van der Waals surface area (Å²) in [5.74, 6) is 1.82. The predicted octanol–water partition coefficient (Wildman–Crippen LogP) is 11.3. The van der Waals surface area contributed by atoms with E-state index in [1.807, 2.05) is 36.7 Å². The second-order valence-electron chi connectivity index (χ2n) is 19.9. The minimum absolute atomic E-state index is 0.0539. The van der Waals surface area contributed by atoms with Crippen molar-refractivity contribution in [3.05, 3.63) is 106 Å². The average Bonchev–Trinajstić information content (AvgIpc) is 4.25. The summed E-state index contributed by atoms with van der Waals surface area (Å²) in [4.78, 5) is 56.1. The first-order valence-corrected chi connectivity index (χ1v) is 24.2. The Labute approximate surface area is 400 Å². The first-order valence-electron chi connectivity index (χ1n) is 24.2. The van der Waals surface area contributed by atoms with Crippen LogP contribution in [0.3, 0.4) is 0 Å². The third-order valence-corrected chi connectivity index (χ3v) is 13.6. The Kier molecular flexibility index (Phi) is 15.8. The molecular formula is C52H64F5N9O3. The molecule has 3 saturated carbocycles. The van der Waals surface area contributed by atoms with Crippen LogP contribution in [-0.4, -0.2) is 81.3 Å². The number of nitrogens with zero attached hydrogens (tertiary/aromatic N) is 9. The number of carbonyl (C=O) groups excluding carboxylic acids is 2. The predicted molar refractivity (Wildman–Crippen MR) is 256 cm³/mol. The third-order valence-electron chi connectivity index (χ3n) is 13.6. The molecule has 370 valence electrons. The molecule has 0 saturated heterocycles. The number of fused-ring (bicyclic) bond motifs is 1. The molecule has 69 heavy (non-hydrogen) atoms. The van der Waals surface area contributed by atoms with Crippen molar-refractivity contribution in [2.45, 2.75) is 162 Å². The molecule has 4 atom stereocenters. The van der Waals surface area contributed by atoms with Crippen LogP contribution in [0.4, 0.5) is 22.0 Å². The highest BCUT2D eigenvalue weighted by atomic mass is 19.4. The highest BCUT2D eigenvalue weighted by Crippen LogP contribution is 2.50. The van der Waals surface area contributed by atoms with E-state index in [9.17, 15) is 36.3 Å². The van der Waals surface area contributed by atoms with Crippen LogP contribution in [0.25, 0.3) is 22.6 Å². The highest BCUT2D eigenvalue weighted by Gasteiger charge is 2.40. The minimum Gasteiger partial charge on any atom is -0.335 e. The number of Topliss-reactive ketones (excluding diaryl/α,β-unsaturated/α-hetero) is 1. The Balaban J connectivity index is 0.000000216. The number of hydrogen-bond acceptors (Lipinski definition) is 8. The molecule has 0 aliphatic heterocycles. The lowest BCUT2D eigenvalue weighted by molar-refractivity contribution is -0.130. The van der Waals surface area contributed by atoms with E-state index < -0.39 is 24.5 Å². The van der Waals surface area contributed by atoms with Gasteiger partial charge in [0.05, 0.1) is 29.7 Å². The standard InChI is InChI=1S/C29H31F2N7O2.C23H33F3N2O/c1-17-23(5-6-25(34-17)22-12-32-29-35-26(20-3-4-20)15-37(29)14-22)24-10-21(24)7-8-36(16-39)27(18(2)40)9-19-11-33-38(13-19)28(30)31;1-6-11-22(4,5)15-18(7-2)27-20(23(24,25)26)13-16(3)17-10-12-28(19-8-9-19)21(29)14-17/h5-6,11-16,20-21,24,27-28H,3-4,7-10H2,1-2H3;10,12-14,18-19H,6-9,11,15H2,1-5H3/b;16-13+,27-20?/t21-,24?,27?;/m1./s1. The summed E-state index contributed by atoms with van der Waals surface area (Å²) < 4.78 is 71.0. The number of imidazole rings is 1. The van der Waals surface area contributed by atoms with Gasteiger partial charge in [0.2, 0.25) is 12.2 Å². The van der Waals surface area contributed by atoms with E-state index in [-0.39, 0.29) is 35.3 Å². The Hall–Kier alpha value is -5.87. The quantitative estimate of drug-likeness (QED) is 0.0406. The molecular weight excluding hydrogens is 894 g/mol. The highest BCUT2D eigenvalue weighted by molar-refractivity contribution is 6.04. The van der Waals surface area contributed by atoms with Gasteiger partial charge < -0.3 is 9.47 Å². The van der Waals surface area contributed by atoms with Crippen molar-refractivity contribution < 1.29 is 31.5 Å². The summed E-state index contributed by atoms with van der Waals surface area (Å²) in [6.07, 6.45) is 16.7. The number of aromatic nitrogens is 7. The molecule has 3 aliphatic rings. The largest absolute Gasteiger partial charge is 0.432 e. The average molecular weight is 958 g/mol. The molecule has 0 N–H and O–H groups in total. The molecule has 3 unspecified atom stereocenters. The molecule has 0 spiro atoms. The van der Waals surface area contributed by atoms with Crippen LogP contribution in [0.2, 0.25) is 0 Å². The fourth-order valence-electron chi connectivity index (χ4n) is 9.35. The number of pyridine rings is 2. The number of halogens is 5. The van der Waals surface area contributed by atoms with Crippen molar-refractivity contribution in [1.82, 2.24) is 38.6 Å². The fraction of sp³-hybridized carbons (Fsp3) is 0.538. The molecule has 17 heteroatoms. The van der Waals surface area contributed by atoms with Crippen molar-refractivity contribution in [2.75, 3.05) is 6.54 Å². The van der Waals surface area contributed by atoms with E-state index in [1.165, 1.54) is 48.7 Å². The second kappa shape index (κ2) is 21.4. The maximum absolute atomic E-state index is 13.7. The van der Waals surface area contributed by atoms with E-state index in [1.54, 1.807) is 23.8 Å². The van der Waals surface area contributed by atoms with Gasteiger partial charge in [-0.25, -0.2) is 14.6 Å². The van der Waals surface area contributed by atoms with Gasteiger partial charge in [-0.3, -0.25) is 28.8 Å². The van der Waals surface area contributed by atoms with Crippen molar-refractivity contribution in [1.29, 1.82) is 0 Å². The summed E-state index contributed by atoms with van der Waals surface area (Å²) in [5.41, 5.74) is 5.36. The maximum Gasteiger partial charge on any atom is 0.432 e. The number of alkyl halides is 5. The van der Waals surface area contributed by atoms with Gasteiger partial charge in [0.15, 0.2) is 5.78 Å². The Morgan fingerprint density at radius 3 is 2.36 bits per heavy atom. The van der Waals surface area contributed by atoms with Gasteiger partial charge in [0.25, 0.3) is 5.56 Å². The number of carbonyl (C=O) groups is 2. The zero-order valence-electron chi connectivity index (χ0n) is 40.6. The molecule has 0 aromatic carbocycles. The SMILES string of the molecule is CC(=O)C(Cc1cnn(C(F)F)c1)N(C=O)CC[C@@H]1CC1c1ccc(-c2cnc3nc(C4CC4)cn3c2)nc1C.CCCC(C)(C)CC(CC)N=C(/C=C(\C)c1ccn(C2CC2)c(=O)c1)C(F)(F)F. The molecule has 8 rings (SSSR count). The lowest BCUT2D eigenvalue weighted by Crippen LogP contribution is -2.41. The zero-order valence-corrected chi connectivity index (χ0v) is 40.6. The number of ketones is 1. The van der Waals surface area contributed by atoms with Crippen LogP contribution < -0.4 is 5.56 Å². The molecule has 3 aliphatic carbocycles. The normalized spacial score (nSPS) is 18.5. The van der Waals surface area contributed by atoms with Crippen molar-refractivity contribution in [3.8, 4) is 11.3 Å². The Morgan fingerprint density at radius 1 is 1.01 bits per heavy atom. The molecule has 3 fully saturated rings. The second-order valence-corrected chi connectivity index (χ2v) is 19.9. The van der Waals surface area contributed by atoms with E-state index >= 15 is 0 Å². The van der Waals surface area contributed by atoms with Gasteiger partial charge in [-0.15, -0.1) is 0 Å². The number of aryl methyl sites for hydroxylation is 1. The summed E-state index contributed by atoms with van der Waals surface area (Å²) in [5, 5.41) is 3.63. The number of aliphatic imine (C=N–C) groups is 1. The number of amides is 1. The number of rotatable bonds is 21. The third kappa shape index (κ3) is 13.3. The molecule has 0 bridgehead atoms. The topological polar surface area (TPSA) is 133 Å². The smallest absolute Gasteiger partial charge is 0.335 e. The Bertz CT molecular complexity index is 2730. The summed E-state index contributed by atoms with van der Waals surface area (Å²) >= 11 is 0. The summed E-state index contributed by atoms with van der Waals surface area (Å²) in [7, 11) is 0. The molecule has 1 amide bonds. The van der Waals surface area contributed by atoms with E-state index in [0.717, 1.165) is 67.2 Å². The first kappa shape index (κ1) is 51.0.